The van der Waals surface area contributed by atoms with Gasteiger partial charge in [0.15, 0.2) is 0 Å². The molecule has 0 amide bonds. The highest BCUT2D eigenvalue weighted by Crippen LogP contribution is 2.39. The number of benzene rings is 2. The highest BCUT2D eigenvalue weighted by atomic mass is 35.5. The van der Waals surface area contributed by atoms with Crippen LogP contribution in [0.4, 0.5) is 0 Å². The van der Waals surface area contributed by atoms with Gasteiger partial charge in [0.25, 0.3) is 0 Å². The highest BCUT2D eigenvalue weighted by Gasteiger charge is 2.31. The molecule has 2 aromatic carbocycles. The van der Waals surface area contributed by atoms with Crippen LogP contribution in [0.2, 0.25) is 5.02 Å². The maximum atomic E-state index is 6.34. The Morgan fingerprint density at radius 2 is 1.93 bits per heavy atom. The third-order valence-electron chi connectivity index (χ3n) is 5.39. The van der Waals surface area contributed by atoms with E-state index in [0.29, 0.717) is 0 Å². The summed E-state index contributed by atoms with van der Waals surface area (Å²) in [6.45, 7) is 1.80. The lowest BCUT2D eigenvalue weighted by molar-refractivity contribution is 0.199. The maximum absolute atomic E-state index is 6.34. The molecule has 0 radical (unpaired) electrons. The minimum Gasteiger partial charge on any atom is -0.357 e. The standard InChI is InChI=1S/C23H20ClN3/c24-17-7-5-6-16(14-17)23-22-20(19-9-1-2-10-21(19)26-22)11-13-27(23)15-18-8-3-4-12-25-18/h1-10,12,14,23,26H,11,13,15H2. The van der Waals surface area contributed by atoms with Crippen molar-refractivity contribution in [2.45, 2.75) is 19.0 Å². The molecule has 1 N–H and O–H groups in total. The molecule has 2 aromatic heterocycles. The molecule has 0 bridgehead atoms. The van der Waals surface area contributed by atoms with E-state index in [1.165, 1.54) is 27.7 Å². The molecule has 0 aliphatic carbocycles. The quantitative estimate of drug-likeness (QED) is 0.524. The van der Waals surface area contributed by atoms with Crippen LogP contribution in [0.25, 0.3) is 10.9 Å². The smallest absolute Gasteiger partial charge is 0.0761 e. The fraction of sp³-hybridized carbons (Fsp3) is 0.174. The summed E-state index contributed by atoms with van der Waals surface area (Å²) in [6, 6.07) is 23.0. The van der Waals surface area contributed by atoms with Crippen LogP contribution in [0, 0.1) is 0 Å². The molecule has 27 heavy (non-hydrogen) atoms. The molecule has 5 rings (SSSR count). The molecule has 4 aromatic rings. The van der Waals surface area contributed by atoms with Crippen LogP contribution in [0.15, 0.2) is 72.9 Å². The molecule has 1 unspecified atom stereocenters. The van der Waals surface area contributed by atoms with Crippen molar-refractivity contribution in [3.05, 3.63) is 100 Å². The van der Waals surface area contributed by atoms with Crippen molar-refractivity contribution in [2.75, 3.05) is 6.54 Å². The Morgan fingerprint density at radius 1 is 1.04 bits per heavy atom. The lowest BCUT2D eigenvalue weighted by atomic mass is 9.92. The second-order valence-corrected chi connectivity index (χ2v) is 7.50. The minimum atomic E-state index is 0.141. The third kappa shape index (κ3) is 3.03. The van der Waals surface area contributed by atoms with E-state index in [-0.39, 0.29) is 6.04 Å². The molecular weight excluding hydrogens is 354 g/mol. The predicted octanol–water partition coefficient (Wildman–Crippen LogP) is 5.36. The summed E-state index contributed by atoms with van der Waals surface area (Å²) < 4.78 is 0. The Labute approximate surface area is 163 Å². The van der Waals surface area contributed by atoms with Gasteiger partial charge in [-0.2, -0.15) is 0 Å². The van der Waals surface area contributed by atoms with Crippen molar-refractivity contribution in [1.29, 1.82) is 0 Å². The number of nitrogens with zero attached hydrogens (tertiary/aromatic N) is 2. The van der Waals surface area contributed by atoms with Gasteiger partial charge >= 0.3 is 0 Å². The van der Waals surface area contributed by atoms with Gasteiger partial charge in [-0.25, -0.2) is 0 Å². The molecule has 1 aliphatic rings. The lowest BCUT2D eigenvalue weighted by Gasteiger charge is -2.36. The average molecular weight is 374 g/mol. The van der Waals surface area contributed by atoms with Gasteiger partial charge < -0.3 is 4.98 Å². The zero-order chi connectivity index (χ0) is 18.2. The summed E-state index contributed by atoms with van der Waals surface area (Å²) >= 11 is 6.34. The van der Waals surface area contributed by atoms with Crippen LogP contribution >= 0.6 is 11.6 Å². The van der Waals surface area contributed by atoms with Crippen molar-refractivity contribution >= 4 is 22.5 Å². The Hall–Kier alpha value is -2.62. The number of H-pyrrole nitrogens is 1. The van der Waals surface area contributed by atoms with Crippen LogP contribution in [0.5, 0.6) is 0 Å². The Bertz CT molecular complexity index is 1090. The number of para-hydroxylation sites is 1. The summed E-state index contributed by atoms with van der Waals surface area (Å²) in [4.78, 5) is 10.7. The first-order valence-electron chi connectivity index (χ1n) is 9.28. The summed E-state index contributed by atoms with van der Waals surface area (Å²) in [5, 5.41) is 2.10. The number of hydrogen-bond acceptors (Lipinski definition) is 2. The van der Waals surface area contributed by atoms with E-state index in [1.54, 1.807) is 0 Å². The highest BCUT2D eigenvalue weighted by molar-refractivity contribution is 6.30. The molecule has 1 atom stereocenters. The number of fused-ring (bicyclic) bond motifs is 3. The SMILES string of the molecule is Clc1cccc(C2c3[nH]c4ccccc4c3CCN2Cc2ccccn2)c1. The van der Waals surface area contributed by atoms with Crippen molar-refractivity contribution in [3.8, 4) is 0 Å². The van der Waals surface area contributed by atoms with Gasteiger partial charge in [-0.15, -0.1) is 0 Å². The van der Waals surface area contributed by atoms with Crippen LogP contribution in [-0.2, 0) is 13.0 Å². The van der Waals surface area contributed by atoms with Crippen molar-refractivity contribution < 1.29 is 0 Å². The predicted molar refractivity (Wildman–Crippen MR) is 110 cm³/mol. The topological polar surface area (TPSA) is 31.9 Å². The maximum Gasteiger partial charge on any atom is 0.0761 e. The molecule has 0 saturated carbocycles. The Kier molecular flexibility index (Phi) is 4.19. The van der Waals surface area contributed by atoms with Gasteiger partial charge in [0.1, 0.15) is 0 Å². The largest absolute Gasteiger partial charge is 0.357 e. The lowest BCUT2D eigenvalue weighted by Crippen LogP contribution is -2.35. The van der Waals surface area contributed by atoms with Crippen LogP contribution in [-0.4, -0.2) is 21.4 Å². The second kappa shape index (κ2) is 6.84. The second-order valence-electron chi connectivity index (χ2n) is 7.06. The molecule has 3 nitrogen and oxygen atoms in total. The number of hydrogen-bond donors (Lipinski definition) is 1. The number of halogens is 1. The molecule has 134 valence electrons. The van der Waals surface area contributed by atoms with Crippen LogP contribution in [0.3, 0.4) is 0 Å². The molecule has 0 fully saturated rings. The van der Waals surface area contributed by atoms with E-state index in [9.17, 15) is 0 Å². The van der Waals surface area contributed by atoms with Gasteiger partial charge in [0, 0.05) is 40.9 Å². The Morgan fingerprint density at radius 3 is 2.78 bits per heavy atom. The number of aromatic amines is 1. The third-order valence-corrected chi connectivity index (χ3v) is 5.62. The van der Waals surface area contributed by atoms with Gasteiger partial charge in [0.05, 0.1) is 11.7 Å². The molecule has 3 heterocycles. The van der Waals surface area contributed by atoms with E-state index in [0.717, 1.165) is 30.2 Å². The first-order chi connectivity index (χ1) is 13.3. The van der Waals surface area contributed by atoms with Crippen LogP contribution < -0.4 is 0 Å². The number of rotatable bonds is 3. The van der Waals surface area contributed by atoms with E-state index < -0.39 is 0 Å². The summed E-state index contributed by atoms with van der Waals surface area (Å²) in [7, 11) is 0. The van der Waals surface area contributed by atoms with Crippen molar-refractivity contribution in [2.24, 2.45) is 0 Å². The fourth-order valence-electron chi connectivity index (χ4n) is 4.21. The molecule has 4 heteroatoms. The molecular formula is C23H20ClN3. The average Bonchev–Trinajstić information content (AvgIpc) is 3.07. The van der Waals surface area contributed by atoms with Gasteiger partial charge in [-0.05, 0) is 47.9 Å². The van der Waals surface area contributed by atoms with Gasteiger partial charge in [-0.3, -0.25) is 9.88 Å². The van der Waals surface area contributed by atoms with E-state index in [1.807, 2.05) is 24.4 Å². The zero-order valence-electron chi connectivity index (χ0n) is 14.9. The minimum absolute atomic E-state index is 0.141. The molecule has 0 spiro atoms. The molecule has 1 aliphatic heterocycles. The van der Waals surface area contributed by atoms with Gasteiger partial charge in [-0.1, -0.05) is 48.0 Å². The van der Waals surface area contributed by atoms with Crippen molar-refractivity contribution in [1.82, 2.24) is 14.9 Å². The van der Waals surface area contributed by atoms with E-state index in [4.69, 9.17) is 11.6 Å². The van der Waals surface area contributed by atoms with E-state index >= 15 is 0 Å². The molecule has 0 saturated heterocycles. The zero-order valence-corrected chi connectivity index (χ0v) is 15.7. The van der Waals surface area contributed by atoms with Crippen LogP contribution in [0.1, 0.15) is 28.6 Å². The Balaban J connectivity index is 1.64. The first kappa shape index (κ1) is 16.5. The van der Waals surface area contributed by atoms with E-state index in [2.05, 4.69) is 63.4 Å². The number of pyridine rings is 1. The summed E-state index contributed by atoms with van der Waals surface area (Å²) in [5.74, 6) is 0. The van der Waals surface area contributed by atoms with Gasteiger partial charge in [0.2, 0.25) is 0 Å². The first-order valence-corrected chi connectivity index (χ1v) is 9.66. The normalized spacial score (nSPS) is 17.1. The number of nitrogens with one attached hydrogen (secondary N) is 1. The summed E-state index contributed by atoms with van der Waals surface area (Å²) in [6.07, 6.45) is 2.89. The number of aromatic nitrogens is 2. The van der Waals surface area contributed by atoms with Crippen molar-refractivity contribution in [3.63, 3.8) is 0 Å². The monoisotopic (exact) mass is 373 g/mol. The fourth-order valence-corrected chi connectivity index (χ4v) is 4.41. The summed E-state index contributed by atoms with van der Waals surface area (Å²) in [5.41, 5.74) is 6.21.